The van der Waals surface area contributed by atoms with Gasteiger partial charge in [0, 0.05) is 42.2 Å². The van der Waals surface area contributed by atoms with E-state index in [4.69, 9.17) is 9.47 Å². The fourth-order valence-corrected chi connectivity index (χ4v) is 5.69. The van der Waals surface area contributed by atoms with Gasteiger partial charge in [0.15, 0.2) is 0 Å². The van der Waals surface area contributed by atoms with Crippen LogP contribution in [0.15, 0.2) is 30.6 Å². The minimum atomic E-state index is -0.280. The number of nitrogens with zero attached hydrogens (tertiary/aromatic N) is 3. The Morgan fingerprint density at radius 3 is 2.72 bits per heavy atom. The maximum atomic E-state index is 13.9. The summed E-state index contributed by atoms with van der Waals surface area (Å²) in [6.45, 7) is 4.21. The van der Waals surface area contributed by atoms with E-state index in [1.54, 1.807) is 6.33 Å². The van der Waals surface area contributed by atoms with Crippen LogP contribution in [0.4, 0.5) is 10.2 Å². The van der Waals surface area contributed by atoms with Crippen LogP contribution in [-0.2, 0) is 4.74 Å². The van der Waals surface area contributed by atoms with Gasteiger partial charge in [-0.25, -0.2) is 14.4 Å². The number of nitrogens with one attached hydrogen (secondary N) is 2. The van der Waals surface area contributed by atoms with Crippen molar-refractivity contribution in [1.82, 2.24) is 19.9 Å². The Kier molecular flexibility index (Phi) is 4.20. The first-order valence-electron chi connectivity index (χ1n) is 11.6. The molecule has 8 heteroatoms. The zero-order valence-electron chi connectivity index (χ0n) is 17.8. The van der Waals surface area contributed by atoms with E-state index in [0.29, 0.717) is 30.1 Å². The summed E-state index contributed by atoms with van der Waals surface area (Å²) in [5.41, 5.74) is 3.07. The second-order valence-corrected chi connectivity index (χ2v) is 9.68. The first-order chi connectivity index (χ1) is 15.7. The highest BCUT2D eigenvalue weighted by Crippen LogP contribution is 2.43. The number of rotatable bonds is 4. The smallest absolute Gasteiger partial charge is 0.143 e. The zero-order chi connectivity index (χ0) is 21.2. The number of ether oxygens (including phenoxy) is 2. The molecule has 4 atom stereocenters. The van der Waals surface area contributed by atoms with Gasteiger partial charge >= 0.3 is 0 Å². The lowest BCUT2D eigenvalue weighted by Gasteiger charge is -2.40. The number of hydrogen-bond acceptors (Lipinski definition) is 6. The molecule has 1 saturated carbocycles. The van der Waals surface area contributed by atoms with Crippen molar-refractivity contribution < 1.29 is 13.9 Å². The first kappa shape index (κ1) is 18.8. The highest BCUT2D eigenvalue weighted by atomic mass is 19.1. The fraction of sp³-hybridized carbons (Fsp3) is 0.500. The van der Waals surface area contributed by atoms with E-state index in [1.165, 1.54) is 30.7 Å². The molecule has 166 valence electrons. The molecular weight excluding hydrogens is 409 g/mol. The van der Waals surface area contributed by atoms with E-state index >= 15 is 0 Å². The van der Waals surface area contributed by atoms with Gasteiger partial charge in [-0.2, -0.15) is 0 Å². The predicted octanol–water partition coefficient (Wildman–Crippen LogP) is 3.47. The molecule has 7 nitrogen and oxygen atoms in total. The molecule has 1 aromatic carbocycles. The molecule has 1 aliphatic carbocycles. The highest BCUT2D eigenvalue weighted by Gasteiger charge is 2.44. The summed E-state index contributed by atoms with van der Waals surface area (Å²) in [6, 6.07) is 7.11. The van der Waals surface area contributed by atoms with E-state index < -0.39 is 0 Å². The summed E-state index contributed by atoms with van der Waals surface area (Å²) in [7, 11) is 0. The van der Waals surface area contributed by atoms with Crippen LogP contribution < -0.4 is 10.1 Å². The maximum Gasteiger partial charge on any atom is 0.143 e. The Hall–Kier alpha value is -2.71. The van der Waals surface area contributed by atoms with Crippen LogP contribution in [0.2, 0.25) is 0 Å². The lowest BCUT2D eigenvalue weighted by molar-refractivity contribution is 0.0950. The van der Waals surface area contributed by atoms with Crippen molar-refractivity contribution in [2.75, 3.05) is 38.2 Å². The largest absolute Gasteiger partial charge is 0.491 e. The second kappa shape index (κ2) is 7.15. The van der Waals surface area contributed by atoms with Crippen LogP contribution in [0.3, 0.4) is 0 Å². The number of fused-ring (bicyclic) bond motifs is 3. The molecule has 2 N–H and O–H groups in total. The van der Waals surface area contributed by atoms with Gasteiger partial charge in [0.1, 0.15) is 36.0 Å². The van der Waals surface area contributed by atoms with Crippen LogP contribution in [0, 0.1) is 17.7 Å². The Morgan fingerprint density at radius 2 is 1.91 bits per heavy atom. The predicted molar refractivity (Wildman–Crippen MR) is 117 cm³/mol. The summed E-state index contributed by atoms with van der Waals surface area (Å²) in [4.78, 5) is 15.0. The lowest BCUT2D eigenvalue weighted by atomic mass is 9.94. The van der Waals surface area contributed by atoms with Crippen molar-refractivity contribution >= 4 is 16.9 Å². The molecule has 2 saturated heterocycles. The minimum absolute atomic E-state index is 0.0588. The van der Waals surface area contributed by atoms with Crippen LogP contribution in [0.5, 0.6) is 5.75 Å². The number of anilines is 1. The van der Waals surface area contributed by atoms with E-state index in [1.807, 2.05) is 6.07 Å². The van der Waals surface area contributed by atoms with Crippen LogP contribution in [-0.4, -0.2) is 58.8 Å². The van der Waals surface area contributed by atoms with Gasteiger partial charge in [0.25, 0.3) is 0 Å². The fourth-order valence-electron chi connectivity index (χ4n) is 5.69. The molecule has 3 aliphatic heterocycles. The molecule has 2 aromatic heterocycles. The third-order valence-electron chi connectivity index (χ3n) is 7.60. The SMILES string of the molecule is Fc1ccc2c(c1)OCC(N1C[C@H]3COC[C@H]3C1)C2Nc1ncnc2[nH]c(C3CC3)cc12. The molecule has 4 aliphatic rings. The number of halogens is 1. The quantitative estimate of drug-likeness (QED) is 0.654. The average Bonchev–Trinajstić information content (AvgIpc) is 3.20. The van der Waals surface area contributed by atoms with Crippen molar-refractivity contribution in [3.05, 3.63) is 47.7 Å². The zero-order valence-corrected chi connectivity index (χ0v) is 17.8. The van der Waals surface area contributed by atoms with Gasteiger partial charge in [-0.15, -0.1) is 0 Å². The van der Waals surface area contributed by atoms with Gasteiger partial charge in [0.05, 0.1) is 30.7 Å². The molecule has 5 heterocycles. The molecule has 0 amide bonds. The van der Waals surface area contributed by atoms with Gasteiger partial charge in [-0.3, -0.25) is 4.90 Å². The second-order valence-electron chi connectivity index (χ2n) is 9.68. The van der Waals surface area contributed by atoms with Crippen molar-refractivity contribution in [1.29, 1.82) is 0 Å². The normalized spacial score (nSPS) is 29.7. The lowest BCUT2D eigenvalue weighted by Crippen LogP contribution is -2.48. The molecule has 2 unspecified atom stereocenters. The van der Waals surface area contributed by atoms with Gasteiger partial charge in [-0.05, 0) is 30.9 Å². The van der Waals surface area contributed by atoms with Crippen molar-refractivity contribution in [3.8, 4) is 5.75 Å². The van der Waals surface area contributed by atoms with Gasteiger partial charge in [-0.1, -0.05) is 6.07 Å². The van der Waals surface area contributed by atoms with Gasteiger partial charge in [0.2, 0.25) is 0 Å². The van der Waals surface area contributed by atoms with Crippen LogP contribution in [0.25, 0.3) is 11.0 Å². The van der Waals surface area contributed by atoms with E-state index in [9.17, 15) is 4.39 Å². The topological polar surface area (TPSA) is 75.3 Å². The molecule has 32 heavy (non-hydrogen) atoms. The van der Waals surface area contributed by atoms with Crippen molar-refractivity contribution in [2.24, 2.45) is 11.8 Å². The average molecular weight is 436 g/mol. The summed E-state index contributed by atoms with van der Waals surface area (Å²) >= 11 is 0. The summed E-state index contributed by atoms with van der Waals surface area (Å²) in [6.07, 6.45) is 4.06. The Morgan fingerprint density at radius 1 is 1.06 bits per heavy atom. The number of benzene rings is 1. The number of aromatic nitrogens is 3. The van der Waals surface area contributed by atoms with Gasteiger partial charge < -0.3 is 19.8 Å². The molecular formula is C24H26FN5O2. The standard InChI is InChI=1S/C24H26FN5O2/c25-16-3-4-17-21(5-16)32-11-20(30-7-14-9-31-10-15(14)8-30)22(17)29-24-18-6-19(13-1-2-13)28-23(18)26-12-27-24/h3-6,12-15,20,22H,1-2,7-11H2,(H2,26,27,28,29)/t14-,15+,20?,22?. The van der Waals surface area contributed by atoms with E-state index in [-0.39, 0.29) is 17.9 Å². The summed E-state index contributed by atoms with van der Waals surface area (Å²) in [5.74, 6) is 2.93. The first-order valence-corrected chi connectivity index (χ1v) is 11.6. The van der Waals surface area contributed by atoms with Crippen molar-refractivity contribution in [2.45, 2.75) is 30.8 Å². The van der Waals surface area contributed by atoms with E-state index in [0.717, 1.165) is 48.7 Å². The highest BCUT2D eigenvalue weighted by molar-refractivity contribution is 5.88. The van der Waals surface area contributed by atoms with Crippen LogP contribution in [0.1, 0.15) is 36.1 Å². The molecule has 0 spiro atoms. The third-order valence-corrected chi connectivity index (χ3v) is 7.60. The third kappa shape index (κ3) is 3.08. The molecule has 3 aromatic rings. The van der Waals surface area contributed by atoms with Crippen molar-refractivity contribution in [3.63, 3.8) is 0 Å². The molecule has 0 bridgehead atoms. The molecule has 0 radical (unpaired) electrons. The number of aromatic amines is 1. The Bertz CT molecular complexity index is 1170. The Balaban J connectivity index is 1.26. The Labute approximate surface area is 185 Å². The number of likely N-dealkylation sites (tertiary alicyclic amines) is 1. The molecule has 7 rings (SSSR count). The number of H-pyrrole nitrogens is 1. The summed E-state index contributed by atoms with van der Waals surface area (Å²) < 4.78 is 25.7. The molecule has 3 fully saturated rings. The summed E-state index contributed by atoms with van der Waals surface area (Å²) in [5, 5.41) is 4.73. The van der Waals surface area contributed by atoms with E-state index in [2.05, 4.69) is 31.2 Å². The maximum absolute atomic E-state index is 13.9. The van der Waals surface area contributed by atoms with Crippen LogP contribution >= 0.6 is 0 Å². The minimum Gasteiger partial charge on any atom is -0.491 e. The monoisotopic (exact) mass is 435 g/mol. The number of hydrogen-bond donors (Lipinski definition) is 2.